The predicted octanol–water partition coefficient (Wildman–Crippen LogP) is 4.92. The van der Waals surface area contributed by atoms with Crippen LogP contribution in [0.25, 0.3) is 0 Å². The lowest BCUT2D eigenvalue weighted by atomic mass is 10.1. The fraction of sp³-hybridized carbons (Fsp3) is 0.276. The zero-order valence-corrected chi connectivity index (χ0v) is 20.9. The maximum atomic E-state index is 12.6. The zero-order chi connectivity index (χ0) is 24.5. The first-order chi connectivity index (χ1) is 17.7. The number of nitrogens with zero attached hydrogens (tertiary/aromatic N) is 4. The number of amidine groups is 1. The molecular weight excluding hydrogens is 468 g/mol. The molecule has 1 saturated heterocycles. The third-order valence-corrected chi connectivity index (χ3v) is 8.24. The van der Waals surface area contributed by atoms with E-state index in [9.17, 15) is 9.59 Å². The minimum absolute atomic E-state index is 0.159. The number of carbonyl (C=O) groups excluding carboxylic acids is 2. The van der Waals surface area contributed by atoms with E-state index in [0.29, 0.717) is 17.7 Å². The molecule has 0 aliphatic carbocycles. The van der Waals surface area contributed by atoms with Gasteiger partial charge in [-0.25, -0.2) is 4.99 Å². The lowest BCUT2D eigenvalue weighted by molar-refractivity contribution is 0.0649. The molecule has 3 heterocycles. The zero-order valence-electron chi connectivity index (χ0n) is 20.1. The number of benzene rings is 3. The molecule has 0 saturated carbocycles. The third-order valence-electron chi connectivity index (χ3n) is 7.10. The van der Waals surface area contributed by atoms with Crippen LogP contribution in [0, 0.1) is 0 Å². The summed E-state index contributed by atoms with van der Waals surface area (Å²) in [5, 5.41) is 0. The maximum absolute atomic E-state index is 12.6. The molecule has 0 unspecified atom stereocenters. The number of para-hydroxylation sites is 1. The Kier molecular flexibility index (Phi) is 6.34. The van der Waals surface area contributed by atoms with Crippen LogP contribution >= 0.6 is 11.8 Å². The van der Waals surface area contributed by atoms with Crippen LogP contribution < -0.4 is 0 Å². The summed E-state index contributed by atoms with van der Waals surface area (Å²) in [4.78, 5) is 39.0. The van der Waals surface area contributed by atoms with Crippen molar-refractivity contribution < 1.29 is 9.59 Å². The maximum Gasteiger partial charge on any atom is 0.261 e. The molecule has 0 aromatic heterocycles. The van der Waals surface area contributed by atoms with Crippen LogP contribution in [0.2, 0.25) is 0 Å². The number of fused-ring (bicyclic) bond motifs is 3. The predicted molar refractivity (Wildman–Crippen MR) is 142 cm³/mol. The molecule has 36 heavy (non-hydrogen) atoms. The molecule has 0 spiro atoms. The highest BCUT2D eigenvalue weighted by Gasteiger charge is 2.34. The second-order valence-corrected chi connectivity index (χ2v) is 10.4. The minimum atomic E-state index is -0.159. The minimum Gasteiger partial charge on any atom is -0.354 e. The molecule has 0 radical (unpaired) electrons. The first-order valence-electron chi connectivity index (χ1n) is 12.6. The summed E-state index contributed by atoms with van der Waals surface area (Å²) in [5.41, 5.74) is 3.29. The van der Waals surface area contributed by atoms with Gasteiger partial charge in [0.2, 0.25) is 0 Å². The first kappa shape index (κ1) is 23.0. The summed E-state index contributed by atoms with van der Waals surface area (Å²) in [6.07, 6.45) is 1.78. The van der Waals surface area contributed by atoms with Gasteiger partial charge < -0.3 is 4.90 Å². The highest BCUT2D eigenvalue weighted by atomic mass is 32.2. The van der Waals surface area contributed by atoms with Gasteiger partial charge >= 0.3 is 0 Å². The van der Waals surface area contributed by atoms with E-state index in [1.807, 2.05) is 12.1 Å². The number of unbranched alkanes of at least 4 members (excludes halogenated alkanes) is 1. The van der Waals surface area contributed by atoms with E-state index in [1.54, 1.807) is 23.9 Å². The second kappa shape index (κ2) is 9.91. The Morgan fingerprint density at radius 3 is 1.97 bits per heavy atom. The average Bonchev–Trinajstić information content (AvgIpc) is 3.06. The molecule has 2 amide bonds. The second-order valence-electron chi connectivity index (χ2n) is 9.34. The highest BCUT2D eigenvalue weighted by molar-refractivity contribution is 7.99. The Morgan fingerprint density at radius 2 is 1.25 bits per heavy atom. The van der Waals surface area contributed by atoms with Gasteiger partial charge in [0.05, 0.1) is 16.8 Å². The van der Waals surface area contributed by atoms with Gasteiger partial charge in [0.25, 0.3) is 11.8 Å². The van der Waals surface area contributed by atoms with Crippen LogP contribution in [-0.2, 0) is 0 Å². The van der Waals surface area contributed by atoms with Gasteiger partial charge in [-0.15, -0.1) is 0 Å². The Hall–Kier alpha value is -3.42. The molecule has 1 fully saturated rings. The largest absolute Gasteiger partial charge is 0.354 e. The molecule has 3 aliphatic rings. The van der Waals surface area contributed by atoms with Crippen molar-refractivity contribution in [1.29, 1.82) is 0 Å². The van der Waals surface area contributed by atoms with Crippen LogP contribution in [0.3, 0.4) is 0 Å². The van der Waals surface area contributed by atoms with Crippen molar-refractivity contribution in [2.75, 3.05) is 39.3 Å². The number of aliphatic imine (C=N–C) groups is 1. The van der Waals surface area contributed by atoms with E-state index in [1.165, 1.54) is 20.3 Å². The lowest BCUT2D eigenvalue weighted by Crippen LogP contribution is -2.49. The average molecular weight is 497 g/mol. The fourth-order valence-corrected chi connectivity index (χ4v) is 6.16. The van der Waals surface area contributed by atoms with E-state index < -0.39 is 0 Å². The Labute approximate surface area is 215 Å². The van der Waals surface area contributed by atoms with E-state index in [-0.39, 0.29) is 11.8 Å². The molecule has 7 heteroatoms. The van der Waals surface area contributed by atoms with Gasteiger partial charge in [-0.3, -0.25) is 19.4 Å². The molecule has 0 atom stereocenters. The van der Waals surface area contributed by atoms with E-state index in [4.69, 9.17) is 4.99 Å². The molecule has 3 aromatic carbocycles. The molecule has 6 nitrogen and oxygen atoms in total. The third kappa shape index (κ3) is 4.33. The smallest absolute Gasteiger partial charge is 0.261 e. The number of hydrogen-bond donors (Lipinski definition) is 0. The number of imide groups is 1. The monoisotopic (exact) mass is 496 g/mol. The van der Waals surface area contributed by atoms with Gasteiger partial charge in [0, 0.05) is 48.1 Å². The van der Waals surface area contributed by atoms with Gasteiger partial charge in [-0.1, -0.05) is 54.2 Å². The molecule has 6 rings (SSSR count). The van der Waals surface area contributed by atoms with Crippen molar-refractivity contribution in [3.8, 4) is 0 Å². The molecule has 182 valence electrons. The SMILES string of the molecule is O=C1c2ccccc2C(=O)N1CCCCN1CCN(C2=Nc3ccccc3Sc3ccccc32)CC1. The van der Waals surface area contributed by atoms with Gasteiger partial charge in [-0.05, 0) is 49.7 Å². The van der Waals surface area contributed by atoms with Crippen molar-refractivity contribution in [2.24, 2.45) is 4.99 Å². The number of rotatable bonds is 5. The molecule has 0 N–H and O–H groups in total. The van der Waals surface area contributed by atoms with Crippen molar-refractivity contribution in [2.45, 2.75) is 22.6 Å². The van der Waals surface area contributed by atoms with Crippen molar-refractivity contribution in [3.05, 3.63) is 89.5 Å². The topological polar surface area (TPSA) is 56.2 Å². The standard InChI is InChI=1S/C29H28N4O2S/c34-28-21-9-1-2-10-22(21)29(35)33(28)16-8-7-15-31-17-19-32(20-18-31)27-23-11-3-5-13-25(23)36-26-14-6-4-12-24(26)30-27/h1-6,9-14H,7-8,15-20H2. The number of piperazine rings is 1. The summed E-state index contributed by atoms with van der Waals surface area (Å²) in [6.45, 7) is 5.26. The molecule has 3 aromatic rings. The summed E-state index contributed by atoms with van der Waals surface area (Å²) >= 11 is 1.79. The lowest BCUT2D eigenvalue weighted by Gasteiger charge is -2.36. The van der Waals surface area contributed by atoms with Gasteiger partial charge in [0.15, 0.2) is 0 Å². The van der Waals surface area contributed by atoms with Crippen molar-refractivity contribution in [1.82, 2.24) is 14.7 Å². The molecule has 3 aliphatic heterocycles. The quantitative estimate of drug-likeness (QED) is 0.371. The van der Waals surface area contributed by atoms with Crippen LogP contribution in [0.4, 0.5) is 5.69 Å². The number of amides is 2. The Morgan fingerprint density at radius 1 is 0.667 bits per heavy atom. The van der Waals surface area contributed by atoms with E-state index in [2.05, 4.69) is 58.3 Å². The van der Waals surface area contributed by atoms with Crippen molar-refractivity contribution in [3.63, 3.8) is 0 Å². The van der Waals surface area contributed by atoms with Crippen LogP contribution in [0.1, 0.15) is 39.1 Å². The summed E-state index contributed by atoms with van der Waals surface area (Å²) < 4.78 is 0. The summed E-state index contributed by atoms with van der Waals surface area (Å²) in [5.74, 6) is 0.745. The molecule has 0 bridgehead atoms. The van der Waals surface area contributed by atoms with Crippen LogP contribution in [0.15, 0.2) is 87.6 Å². The summed E-state index contributed by atoms with van der Waals surface area (Å²) in [7, 11) is 0. The van der Waals surface area contributed by atoms with E-state index in [0.717, 1.165) is 57.1 Å². The number of carbonyl (C=O) groups is 2. The van der Waals surface area contributed by atoms with Crippen LogP contribution in [0.5, 0.6) is 0 Å². The Bertz CT molecular complexity index is 1310. The fourth-order valence-electron chi connectivity index (χ4n) is 5.14. The summed E-state index contributed by atoms with van der Waals surface area (Å²) in [6, 6.07) is 24.0. The van der Waals surface area contributed by atoms with Crippen LogP contribution in [-0.4, -0.2) is 71.6 Å². The normalized spacial score (nSPS) is 17.4. The van der Waals surface area contributed by atoms with Gasteiger partial charge in [0.1, 0.15) is 5.84 Å². The van der Waals surface area contributed by atoms with Gasteiger partial charge in [-0.2, -0.15) is 0 Å². The Balaban J connectivity index is 1.04. The van der Waals surface area contributed by atoms with E-state index >= 15 is 0 Å². The first-order valence-corrected chi connectivity index (χ1v) is 13.4. The highest BCUT2D eigenvalue weighted by Crippen LogP contribution is 2.40. The molecular formula is C29H28N4O2S. The number of hydrogen-bond acceptors (Lipinski definition) is 6. The van der Waals surface area contributed by atoms with Crippen molar-refractivity contribution >= 4 is 35.1 Å².